The molecule has 180 valence electrons. The number of para-hydroxylation sites is 1. The van der Waals surface area contributed by atoms with E-state index in [0.717, 1.165) is 28.8 Å². The molecular formula is C25H24N4O4S2. The largest absolute Gasteiger partial charge is 0.490 e. The van der Waals surface area contributed by atoms with Gasteiger partial charge in [0.15, 0.2) is 23.9 Å². The van der Waals surface area contributed by atoms with Crippen LogP contribution in [-0.4, -0.2) is 40.1 Å². The van der Waals surface area contributed by atoms with E-state index in [2.05, 4.69) is 15.5 Å². The van der Waals surface area contributed by atoms with Crippen LogP contribution < -0.4 is 14.8 Å². The van der Waals surface area contributed by atoms with Crippen LogP contribution in [0.25, 0.3) is 6.08 Å². The molecule has 1 aliphatic rings. The first kappa shape index (κ1) is 24.6. The quantitative estimate of drug-likeness (QED) is 0.394. The molecule has 1 aromatic heterocycles. The molecule has 0 saturated carbocycles. The van der Waals surface area contributed by atoms with Crippen molar-refractivity contribution in [1.82, 2.24) is 10.2 Å². The lowest BCUT2D eigenvalue weighted by atomic mass is 10.1. The molecule has 1 saturated heterocycles. The molecule has 2 heterocycles. The molecule has 0 spiro atoms. The summed E-state index contributed by atoms with van der Waals surface area (Å²) in [5.41, 5.74) is 1.42. The number of allylic oxidation sites excluding steroid dienone is 1. The minimum Gasteiger partial charge on any atom is -0.490 e. The normalized spacial score (nSPS) is 16.5. The number of carbonyl (C=O) groups excluding carboxylic acids is 2. The maximum Gasteiger partial charge on any atom is 0.262 e. The van der Waals surface area contributed by atoms with Crippen LogP contribution in [0.15, 0.2) is 53.4 Å². The van der Waals surface area contributed by atoms with E-state index >= 15 is 0 Å². The van der Waals surface area contributed by atoms with Crippen LogP contribution in [0.5, 0.6) is 11.5 Å². The first-order valence-electron chi connectivity index (χ1n) is 11.1. The van der Waals surface area contributed by atoms with Crippen LogP contribution in [-0.2, 0) is 16.0 Å². The molecular weight excluding hydrogens is 484 g/mol. The number of hydrogen-bond acceptors (Lipinski definition) is 9. The molecule has 1 aliphatic heterocycles. The molecule has 3 aromatic rings. The van der Waals surface area contributed by atoms with E-state index < -0.39 is 5.92 Å². The van der Waals surface area contributed by atoms with Gasteiger partial charge >= 0.3 is 0 Å². The molecule has 0 unspecified atom stereocenters. The van der Waals surface area contributed by atoms with Crippen molar-refractivity contribution in [3.63, 3.8) is 0 Å². The Labute approximate surface area is 211 Å². The number of ether oxygens (including phenoxy) is 2. The predicted octanol–water partition coefficient (Wildman–Crippen LogP) is 4.93. The van der Waals surface area contributed by atoms with E-state index in [1.807, 2.05) is 32.0 Å². The number of amides is 1. The molecule has 1 fully saturated rings. The van der Waals surface area contributed by atoms with Gasteiger partial charge in [-0.2, -0.15) is 0 Å². The summed E-state index contributed by atoms with van der Waals surface area (Å²) in [6.45, 7) is 4.06. The molecule has 0 radical (unpaired) electrons. The third-order valence-electron chi connectivity index (χ3n) is 5.00. The minimum absolute atomic E-state index is 0.158. The van der Waals surface area contributed by atoms with Gasteiger partial charge in [-0.25, -0.2) is 0 Å². The van der Waals surface area contributed by atoms with Crippen molar-refractivity contribution in [2.24, 2.45) is 0 Å². The van der Waals surface area contributed by atoms with Crippen molar-refractivity contribution in [2.45, 2.75) is 26.2 Å². The van der Waals surface area contributed by atoms with Crippen molar-refractivity contribution in [3.8, 4) is 11.5 Å². The first-order chi connectivity index (χ1) is 17.0. The Balaban J connectivity index is 1.47. The number of ketones is 1. The lowest BCUT2D eigenvalue weighted by Crippen LogP contribution is -2.20. The third kappa shape index (κ3) is 5.95. The second-order valence-electron chi connectivity index (χ2n) is 7.50. The average Bonchev–Trinajstić information content (AvgIpc) is 3.43. The fraction of sp³-hybridized carbons (Fsp3) is 0.240. The van der Waals surface area contributed by atoms with Gasteiger partial charge in [-0.05, 0) is 49.2 Å². The summed E-state index contributed by atoms with van der Waals surface area (Å²) in [7, 11) is 0. The number of rotatable bonds is 9. The average molecular weight is 509 g/mol. The number of aromatic nitrogens is 2. The first-order valence-corrected chi connectivity index (χ1v) is 12.7. The van der Waals surface area contributed by atoms with Gasteiger partial charge in [0.2, 0.25) is 0 Å². The van der Waals surface area contributed by atoms with Gasteiger partial charge in [0, 0.05) is 5.69 Å². The SMILES string of the molecule is CCOc1cc(/C=C2\SC(=N)[C@@H](c3nnc(CC)s3)C2=O)ccc1OCC(=O)Nc1ccccc1. The van der Waals surface area contributed by atoms with Crippen LogP contribution in [0.4, 0.5) is 5.69 Å². The molecule has 4 rings (SSSR count). The maximum absolute atomic E-state index is 13.0. The van der Waals surface area contributed by atoms with E-state index in [4.69, 9.17) is 14.9 Å². The highest BCUT2D eigenvalue weighted by Gasteiger charge is 2.39. The second-order valence-corrected chi connectivity index (χ2v) is 9.68. The smallest absolute Gasteiger partial charge is 0.262 e. The fourth-order valence-corrected chi connectivity index (χ4v) is 5.31. The molecule has 35 heavy (non-hydrogen) atoms. The number of benzene rings is 2. The van der Waals surface area contributed by atoms with Gasteiger partial charge in [0.1, 0.15) is 15.9 Å². The minimum atomic E-state index is -0.693. The van der Waals surface area contributed by atoms with Gasteiger partial charge in [-0.3, -0.25) is 15.0 Å². The molecule has 0 aliphatic carbocycles. The van der Waals surface area contributed by atoms with Gasteiger partial charge in [0.25, 0.3) is 5.91 Å². The number of Topliss-reactive ketones (excluding diaryl/α,β-unsaturated/α-hetero) is 1. The number of nitrogens with one attached hydrogen (secondary N) is 2. The summed E-state index contributed by atoms with van der Waals surface area (Å²) in [5, 5.41) is 20.9. The van der Waals surface area contributed by atoms with E-state index in [1.165, 1.54) is 11.3 Å². The molecule has 1 amide bonds. The zero-order valence-corrected chi connectivity index (χ0v) is 20.9. The van der Waals surface area contributed by atoms with E-state index in [1.54, 1.807) is 36.4 Å². The number of anilines is 1. The number of nitrogens with zero attached hydrogens (tertiary/aromatic N) is 2. The Kier molecular flexibility index (Phi) is 7.94. The Hall–Kier alpha value is -3.50. The highest BCUT2D eigenvalue weighted by molar-refractivity contribution is 8.19. The molecule has 0 bridgehead atoms. The number of aryl methyl sites for hydroxylation is 1. The van der Waals surface area contributed by atoms with Gasteiger partial charge in [-0.1, -0.05) is 43.0 Å². The van der Waals surface area contributed by atoms with Crippen LogP contribution >= 0.6 is 23.1 Å². The number of hydrogen-bond donors (Lipinski definition) is 2. The number of carbonyl (C=O) groups is 2. The Morgan fingerprint density at radius 2 is 1.91 bits per heavy atom. The molecule has 10 heteroatoms. The van der Waals surface area contributed by atoms with Gasteiger partial charge < -0.3 is 14.8 Å². The topological polar surface area (TPSA) is 114 Å². The summed E-state index contributed by atoms with van der Waals surface area (Å²) in [5.74, 6) is -0.247. The van der Waals surface area contributed by atoms with Gasteiger partial charge in [0.05, 0.1) is 16.6 Å². The van der Waals surface area contributed by atoms with Crippen LogP contribution in [0.1, 0.15) is 35.3 Å². The molecule has 2 aromatic carbocycles. The monoisotopic (exact) mass is 508 g/mol. The van der Waals surface area contributed by atoms with Crippen molar-refractivity contribution < 1.29 is 19.1 Å². The van der Waals surface area contributed by atoms with Gasteiger partial charge in [-0.15, -0.1) is 21.5 Å². The van der Waals surface area contributed by atoms with Crippen molar-refractivity contribution >= 4 is 51.6 Å². The summed E-state index contributed by atoms with van der Waals surface area (Å²) in [4.78, 5) is 25.7. The van der Waals surface area contributed by atoms with E-state index in [-0.39, 0.29) is 23.3 Å². The molecule has 2 N–H and O–H groups in total. The van der Waals surface area contributed by atoms with E-state index in [9.17, 15) is 9.59 Å². The Morgan fingerprint density at radius 3 is 2.63 bits per heavy atom. The van der Waals surface area contributed by atoms with Crippen LogP contribution in [0.2, 0.25) is 0 Å². The molecule has 1 atom stereocenters. The lowest BCUT2D eigenvalue weighted by molar-refractivity contribution is -0.118. The molecule has 8 nitrogen and oxygen atoms in total. The van der Waals surface area contributed by atoms with Crippen molar-refractivity contribution in [1.29, 1.82) is 5.41 Å². The van der Waals surface area contributed by atoms with Crippen LogP contribution in [0, 0.1) is 5.41 Å². The Bertz CT molecular complexity index is 1270. The third-order valence-corrected chi connectivity index (χ3v) is 7.13. The summed E-state index contributed by atoms with van der Waals surface area (Å²) in [6.07, 6.45) is 2.47. The number of thioether (sulfide) groups is 1. The summed E-state index contributed by atoms with van der Waals surface area (Å²) in [6, 6.07) is 14.4. The van der Waals surface area contributed by atoms with Crippen molar-refractivity contribution in [3.05, 3.63) is 69.0 Å². The van der Waals surface area contributed by atoms with E-state index in [0.29, 0.717) is 33.7 Å². The lowest BCUT2D eigenvalue weighted by Gasteiger charge is -2.13. The Morgan fingerprint density at radius 1 is 1.11 bits per heavy atom. The standard InChI is InChI=1S/C25H24N4O4S2/c1-3-21-28-29-25(35-21)22-23(31)19(34-24(22)26)13-15-10-11-17(18(12-15)32-4-2)33-14-20(30)27-16-8-6-5-7-9-16/h5-13,22,26H,3-4,14H2,1-2H3,(H,27,30)/b19-13-,26-24?/t22-/m0/s1. The summed E-state index contributed by atoms with van der Waals surface area (Å²) >= 11 is 2.51. The van der Waals surface area contributed by atoms with Crippen molar-refractivity contribution in [2.75, 3.05) is 18.5 Å². The maximum atomic E-state index is 13.0. The zero-order chi connectivity index (χ0) is 24.8. The fourth-order valence-electron chi connectivity index (χ4n) is 3.36. The highest BCUT2D eigenvalue weighted by atomic mass is 32.2. The highest BCUT2D eigenvalue weighted by Crippen LogP contribution is 2.42. The summed E-state index contributed by atoms with van der Waals surface area (Å²) < 4.78 is 11.4. The van der Waals surface area contributed by atoms with Crippen LogP contribution in [0.3, 0.4) is 0 Å². The predicted molar refractivity (Wildman–Crippen MR) is 139 cm³/mol. The zero-order valence-electron chi connectivity index (χ0n) is 19.2. The second kappa shape index (κ2) is 11.3.